The second-order valence-electron chi connectivity index (χ2n) is 2.61. The molecular weight excluding hydrogens is 184 g/mol. The Morgan fingerprint density at radius 3 is 2.71 bits per heavy atom. The standard InChI is InChI=1S/C11H9F2N/c1-3-14-11-5-4-10(13)7-9(11)6-8(2)12/h3-7H,1-2H2/b9-6-,14-11-. The maximum Gasteiger partial charge on any atom is 0.123 e. The molecule has 3 heteroatoms. The second-order valence-corrected chi connectivity index (χ2v) is 2.61. The molecule has 0 bridgehead atoms. The van der Waals surface area contributed by atoms with E-state index in [1.165, 1.54) is 24.4 Å². The maximum absolute atomic E-state index is 12.8. The molecule has 0 heterocycles. The summed E-state index contributed by atoms with van der Waals surface area (Å²) in [4.78, 5) is 3.86. The normalized spacial score (nSPS) is 21.1. The van der Waals surface area contributed by atoms with Gasteiger partial charge in [0.15, 0.2) is 0 Å². The fourth-order valence-electron chi connectivity index (χ4n) is 1.03. The topological polar surface area (TPSA) is 12.4 Å². The molecule has 1 nitrogen and oxygen atoms in total. The van der Waals surface area contributed by atoms with Gasteiger partial charge < -0.3 is 0 Å². The van der Waals surface area contributed by atoms with Crippen LogP contribution in [0.15, 0.2) is 65.9 Å². The maximum atomic E-state index is 12.8. The first-order valence-electron chi connectivity index (χ1n) is 3.94. The van der Waals surface area contributed by atoms with Gasteiger partial charge in [-0.3, -0.25) is 4.99 Å². The van der Waals surface area contributed by atoms with Crippen molar-refractivity contribution < 1.29 is 8.78 Å². The second kappa shape index (κ2) is 4.46. The minimum Gasteiger partial charge on any atom is -0.257 e. The number of halogens is 2. The number of allylic oxidation sites excluding steroid dienone is 7. The van der Waals surface area contributed by atoms with E-state index in [0.29, 0.717) is 11.3 Å². The molecule has 0 fully saturated rings. The predicted molar refractivity (Wildman–Crippen MR) is 54.3 cm³/mol. The molecule has 0 spiro atoms. The quantitative estimate of drug-likeness (QED) is 0.637. The fraction of sp³-hybridized carbons (Fsp3) is 0. The number of rotatable bonds is 2. The molecule has 0 atom stereocenters. The van der Waals surface area contributed by atoms with E-state index in [1.54, 1.807) is 0 Å². The Bertz CT molecular complexity index is 384. The van der Waals surface area contributed by atoms with Gasteiger partial charge in [0.2, 0.25) is 0 Å². The lowest BCUT2D eigenvalue weighted by Crippen LogP contribution is -2.01. The molecular formula is C11H9F2N. The highest BCUT2D eigenvalue weighted by Crippen LogP contribution is 2.17. The van der Waals surface area contributed by atoms with Crippen LogP contribution in [0.3, 0.4) is 0 Å². The Labute approximate surface area is 81.2 Å². The van der Waals surface area contributed by atoms with Gasteiger partial charge in [0.1, 0.15) is 11.7 Å². The van der Waals surface area contributed by atoms with Crippen molar-refractivity contribution in [3.63, 3.8) is 0 Å². The van der Waals surface area contributed by atoms with E-state index in [9.17, 15) is 8.78 Å². The summed E-state index contributed by atoms with van der Waals surface area (Å²) in [6, 6.07) is 0. The first-order valence-corrected chi connectivity index (χ1v) is 3.94. The monoisotopic (exact) mass is 193 g/mol. The summed E-state index contributed by atoms with van der Waals surface area (Å²) in [6.45, 7) is 6.48. The molecule has 0 saturated carbocycles. The van der Waals surface area contributed by atoms with Crippen LogP contribution in [0.25, 0.3) is 0 Å². The molecule has 1 aliphatic rings. The minimum atomic E-state index is -0.642. The van der Waals surface area contributed by atoms with Crippen LogP contribution >= 0.6 is 0 Å². The van der Waals surface area contributed by atoms with Crippen molar-refractivity contribution in [2.45, 2.75) is 0 Å². The lowest BCUT2D eigenvalue weighted by Gasteiger charge is -2.05. The summed E-state index contributed by atoms with van der Waals surface area (Å²) in [5, 5.41) is 0. The number of aliphatic imine (C=N–C) groups is 1. The molecule has 14 heavy (non-hydrogen) atoms. The van der Waals surface area contributed by atoms with E-state index >= 15 is 0 Å². The van der Waals surface area contributed by atoms with Crippen molar-refractivity contribution in [1.29, 1.82) is 0 Å². The van der Waals surface area contributed by atoms with Gasteiger partial charge in [-0.25, -0.2) is 8.78 Å². The van der Waals surface area contributed by atoms with Gasteiger partial charge in [-0.1, -0.05) is 13.2 Å². The summed E-state index contributed by atoms with van der Waals surface area (Å²) in [7, 11) is 0. The fourth-order valence-corrected chi connectivity index (χ4v) is 1.03. The van der Waals surface area contributed by atoms with E-state index < -0.39 is 11.7 Å². The lowest BCUT2D eigenvalue weighted by atomic mass is 10.0. The minimum absolute atomic E-state index is 0.345. The Balaban J connectivity index is 3.11. The van der Waals surface area contributed by atoms with Crippen LogP contribution in [0.5, 0.6) is 0 Å². The van der Waals surface area contributed by atoms with Crippen molar-refractivity contribution in [3.8, 4) is 0 Å². The largest absolute Gasteiger partial charge is 0.257 e. The third-order valence-electron chi connectivity index (χ3n) is 1.53. The molecule has 0 aromatic rings. The zero-order valence-corrected chi connectivity index (χ0v) is 7.50. The highest BCUT2D eigenvalue weighted by atomic mass is 19.1. The molecule has 0 N–H and O–H groups in total. The van der Waals surface area contributed by atoms with Crippen LogP contribution < -0.4 is 0 Å². The predicted octanol–water partition coefficient (Wildman–Crippen LogP) is 3.40. The molecule has 0 radical (unpaired) electrons. The zero-order valence-electron chi connectivity index (χ0n) is 7.50. The van der Waals surface area contributed by atoms with Gasteiger partial charge in [-0.05, 0) is 24.3 Å². The Morgan fingerprint density at radius 2 is 2.14 bits per heavy atom. The number of hydrogen-bond donors (Lipinski definition) is 0. The van der Waals surface area contributed by atoms with Crippen molar-refractivity contribution >= 4 is 5.71 Å². The van der Waals surface area contributed by atoms with Gasteiger partial charge in [-0.2, -0.15) is 0 Å². The molecule has 0 unspecified atom stereocenters. The van der Waals surface area contributed by atoms with E-state index in [-0.39, 0.29) is 0 Å². The smallest absolute Gasteiger partial charge is 0.123 e. The van der Waals surface area contributed by atoms with Crippen LogP contribution in [-0.2, 0) is 0 Å². The summed E-state index contributed by atoms with van der Waals surface area (Å²) < 4.78 is 25.3. The van der Waals surface area contributed by atoms with Crippen LogP contribution in [0.2, 0.25) is 0 Å². The summed E-state index contributed by atoms with van der Waals surface area (Å²) in [6.07, 6.45) is 6.32. The van der Waals surface area contributed by atoms with E-state index in [1.807, 2.05) is 0 Å². The van der Waals surface area contributed by atoms with Crippen molar-refractivity contribution in [1.82, 2.24) is 0 Å². The van der Waals surface area contributed by atoms with Crippen LogP contribution in [-0.4, -0.2) is 5.71 Å². The van der Waals surface area contributed by atoms with Gasteiger partial charge in [0.05, 0.1) is 5.71 Å². The van der Waals surface area contributed by atoms with Gasteiger partial charge in [0, 0.05) is 11.8 Å². The summed E-state index contributed by atoms with van der Waals surface area (Å²) in [5.41, 5.74) is 0.803. The Hall–Kier alpha value is -1.77. The molecule has 0 aliphatic heterocycles. The molecule has 0 saturated heterocycles. The number of hydrogen-bond acceptors (Lipinski definition) is 1. The molecule has 0 amide bonds. The first-order chi connectivity index (χ1) is 6.63. The first kappa shape index (κ1) is 10.3. The third-order valence-corrected chi connectivity index (χ3v) is 1.53. The molecule has 1 aliphatic carbocycles. The molecule has 72 valence electrons. The molecule has 0 aromatic heterocycles. The van der Waals surface area contributed by atoms with Crippen molar-refractivity contribution in [2.24, 2.45) is 4.99 Å². The molecule has 1 rings (SSSR count). The highest BCUT2D eigenvalue weighted by Gasteiger charge is 2.07. The molecule has 0 aromatic carbocycles. The third kappa shape index (κ3) is 2.62. The van der Waals surface area contributed by atoms with E-state index in [2.05, 4.69) is 18.2 Å². The van der Waals surface area contributed by atoms with Crippen LogP contribution in [0, 0.1) is 0 Å². The van der Waals surface area contributed by atoms with Crippen molar-refractivity contribution in [3.05, 3.63) is 60.9 Å². The summed E-state index contributed by atoms with van der Waals surface area (Å²) >= 11 is 0. The number of nitrogens with zero attached hydrogens (tertiary/aromatic N) is 1. The average molecular weight is 193 g/mol. The summed E-state index contributed by atoms with van der Waals surface area (Å²) in [5.74, 6) is -1.09. The average Bonchev–Trinajstić information content (AvgIpc) is 2.09. The Kier molecular flexibility index (Phi) is 3.29. The lowest BCUT2D eigenvalue weighted by molar-refractivity contribution is 0.663. The van der Waals surface area contributed by atoms with E-state index in [0.717, 1.165) is 6.08 Å². The zero-order chi connectivity index (χ0) is 10.6. The van der Waals surface area contributed by atoms with Gasteiger partial charge in [0.25, 0.3) is 0 Å². The SMILES string of the molecule is C=C/N=C1/C=CC(F)=C/C1=C/C(=C)F. The van der Waals surface area contributed by atoms with E-state index in [4.69, 9.17) is 0 Å². The van der Waals surface area contributed by atoms with Crippen molar-refractivity contribution in [2.75, 3.05) is 0 Å². The van der Waals surface area contributed by atoms with Gasteiger partial charge in [-0.15, -0.1) is 0 Å². The Morgan fingerprint density at radius 1 is 1.43 bits per heavy atom. The van der Waals surface area contributed by atoms with Gasteiger partial charge >= 0.3 is 0 Å². The van der Waals surface area contributed by atoms with Crippen LogP contribution in [0.4, 0.5) is 8.78 Å². The van der Waals surface area contributed by atoms with Crippen LogP contribution in [0.1, 0.15) is 0 Å². The highest BCUT2D eigenvalue weighted by molar-refractivity contribution is 6.12.